The normalized spacial score (nSPS) is 23.0. The van der Waals surface area contributed by atoms with Crippen molar-refractivity contribution in [3.63, 3.8) is 0 Å². The van der Waals surface area contributed by atoms with E-state index in [0.29, 0.717) is 6.04 Å². The highest BCUT2D eigenvalue weighted by molar-refractivity contribution is 5.76. The first-order chi connectivity index (χ1) is 7.53. The summed E-state index contributed by atoms with van der Waals surface area (Å²) in [6.07, 6.45) is 6.67. The van der Waals surface area contributed by atoms with Crippen LogP contribution in [0, 0.1) is 5.92 Å². The van der Waals surface area contributed by atoms with Crippen molar-refractivity contribution in [2.45, 2.75) is 58.9 Å². The quantitative estimate of drug-likeness (QED) is 0.677. The molecule has 0 aromatic carbocycles. The summed E-state index contributed by atoms with van der Waals surface area (Å²) >= 11 is 0. The van der Waals surface area contributed by atoms with E-state index in [1.165, 1.54) is 6.42 Å². The third-order valence-electron chi connectivity index (χ3n) is 2.17. The monoisotopic (exact) mass is 228 g/mol. The molecule has 3 nitrogen and oxygen atoms in total. The molecule has 96 valence electrons. The summed E-state index contributed by atoms with van der Waals surface area (Å²) in [6, 6.07) is 0.301. The molecule has 0 spiro atoms. The molecule has 1 aliphatic rings. The summed E-state index contributed by atoms with van der Waals surface area (Å²) in [6.45, 7) is 9.50. The summed E-state index contributed by atoms with van der Waals surface area (Å²) in [5.74, 6) is -0.0632. The maximum atomic E-state index is 10.6. The molecular formula is C13H28N2O. The molecule has 0 aliphatic heterocycles. The zero-order valence-corrected chi connectivity index (χ0v) is 11.0. The topological polar surface area (TPSA) is 69.1 Å². The van der Waals surface area contributed by atoms with Crippen LogP contribution in [0.25, 0.3) is 0 Å². The second kappa shape index (κ2) is 12.2. The summed E-state index contributed by atoms with van der Waals surface area (Å²) in [7, 11) is 0. The van der Waals surface area contributed by atoms with Gasteiger partial charge in [-0.3, -0.25) is 4.79 Å². The average Bonchev–Trinajstić information content (AvgIpc) is 2.20. The van der Waals surface area contributed by atoms with Gasteiger partial charge in [0.05, 0.1) is 0 Å². The Hall–Kier alpha value is -0.830. The fraction of sp³-hybridized carbons (Fsp3) is 0.769. The van der Waals surface area contributed by atoms with Crippen LogP contribution < -0.4 is 11.5 Å². The van der Waals surface area contributed by atoms with Gasteiger partial charge in [0.2, 0.25) is 5.91 Å². The molecule has 0 aromatic heterocycles. The summed E-state index contributed by atoms with van der Waals surface area (Å²) < 4.78 is 0. The molecule has 0 unspecified atom stereocenters. The van der Waals surface area contributed by atoms with E-state index in [-0.39, 0.29) is 11.8 Å². The number of carbonyl (C=O) groups is 1. The molecule has 0 atom stereocenters. The van der Waals surface area contributed by atoms with Crippen molar-refractivity contribution in [2.24, 2.45) is 17.4 Å². The summed E-state index contributed by atoms with van der Waals surface area (Å²) in [4.78, 5) is 10.6. The Morgan fingerprint density at radius 1 is 1.31 bits per heavy atom. The maximum Gasteiger partial charge on any atom is 0.220 e. The molecule has 4 N–H and O–H groups in total. The van der Waals surface area contributed by atoms with Crippen LogP contribution in [0.4, 0.5) is 0 Å². The number of hydrogen-bond acceptors (Lipinski definition) is 2. The highest BCUT2D eigenvalue weighted by Crippen LogP contribution is 2.22. The molecule has 1 fully saturated rings. The number of primary amides is 1. The van der Waals surface area contributed by atoms with Gasteiger partial charge in [-0.1, -0.05) is 26.3 Å². The molecule has 0 bridgehead atoms. The van der Waals surface area contributed by atoms with Gasteiger partial charge in [-0.2, -0.15) is 0 Å². The predicted molar refractivity (Wildman–Crippen MR) is 71.0 cm³/mol. The van der Waals surface area contributed by atoms with Crippen molar-refractivity contribution in [1.82, 2.24) is 0 Å². The van der Waals surface area contributed by atoms with Crippen molar-refractivity contribution in [2.75, 3.05) is 0 Å². The fourth-order valence-corrected chi connectivity index (χ4v) is 1.40. The molecule has 1 rings (SSSR count). The predicted octanol–water partition coefficient (Wildman–Crippen LogP) is 2.60. The number of nitrogens with two attached hydrogens (primary N) is 2. The fourth-order valence-electron chi connectivity index (χ4n) is 1.40. The minimum absolute atomic E-state index is 0.0970. The molecular weight excluding hydrogens is 200 g/mol. The van der Waals surface area contributed by atoms with Crippen LogP contribution in [-0.4, -0.2) is 11.9 Å². The van der Waals surface area contributed by atoms with Gasteiger partial charge in [-0.05, 0) is 32.6 Å². The van der Waals surface area contributed by atoms with E-state index in [1.807, 2.05) is 6.92 Å². The van der Waals surface area contributed by atoms with Crippen LogP contribution in [0.2, 0.25) is 0 Å². The minimum atomic E-state index is -0.160. The maximum absolute atomic E-state index is 10.6. The van der Waals surface area contributed by atoms with Crippen LogP contribution in [-0.2, 0) is 4.79 Å². The Balaban J connectivity index is 0. The van der Waals surface area contributed by atoms with Crippen LogP contribution in [0.3, 0.4) is 0 Å². The van der Waals surface area contributed by atoms with Crippen LogP contribution in [0.5, 0.6) is 0 Å². The zero-order chi connectivity index (χ0) is 13.0. The molecule has 16 heavy (non-hydrogen) atoms. The number of allylic oxidation sites excluding steroid dienone is 1. The lowest BCUT2D eigenvalue weighted by molar-refractivity contribution is -0.122. The second-order valence-corrected chi connectivity index (χ2v) is 4.13. The van der Waals surface area contributed by atoms with Gasteiger partial charge in [-0.25, -0.2) is 0 Å². The van der Waals surface area contributed by atoms with Crippen molar-refractivity contribution in [3.8, 4) is 0 Å². The number of rotatable bonds is 1. The van der Waals surface area contributed by atoms with E-state index >= 15 is 0 Å². The molecule has 1 saturated carbocycles. The standard InChI is InChI=1S/C7H14N2O.C3H8.C3H6/c8-6-3-1-5(2-4-6)7(9)10;2*1-3-2/h5-6H,1-4,8H2,(H2,9,10);3H2,1-2H3;3H,1H2,2H3. The van der Waals surface area contributed by atoms with Crippen molar-refractivity contribution in [3.05, 3.63) is 12.7 Å². The van der Waals surface area contributed by atoms with Gasteiger partial charge in [-0.15, -0.1) is 6.58 Å². The van der Waals surface area contributed by atoms with Gasteiger partial charge < -0.3 is 11.5 Å². The lowest BCUT2D eigenvalue weighted by Crippen LogP contribution is -2.32. The molecule has 0 heterocycles. The summed E-state index contributed by atoms with van der Waals surface area (Å²) in [5, 5.41) is 0. The van der Waals surface area contributed by atoms with Crippen molar-refractivity contribution in [1.29, 1.82) is 0 Å². The van der Waals surface area contributed by atoms with E-state index in [9.17, 15) is 4.79 Å². The van der Waals surface area contributed by atoms with Gasteiger partial charge in [0.15, 0.2) is 0 Å². The Morgan fingerprint density at radius 2 is 1.62 bits per heavy atom. The largest absolute Gasteiger partial charge is 0.369 e. The van der Waals surface area contributed by atoms with Crippen molar-refractivity contribution >= 4 is 5.91 Å². The first-order valence-electron chi connectivity index (χ1n) is 6.15. The van der Waals surface area contributed by atoms with E-state index < -0.39 is 0 Å². The van der Waals surface area contributed by atoms with E-state index in [4.69, 9.17) is 11.5 Å². The first kappa shape index (κ1) is 17.6. The molecule has 1 amide bonds. The first-order valence-corrected chi connectivity index (χ1v) is 6.15. The van der Waals surface area contributed by atoms with Crippen molar-refractivity contribution < 1.29 is 4.79 Å². The lowest BCUT2D eigenvalue weighted by Gasteiger charge is -2.23. The Bertz CT molecular complexity index is 173. The van der Waals surface area contributed by atoms with E-state index in [0.717, 1.165) is 25.7 Å². The SMILES string of the molecule is C=CC.CCC.NC(=O)C1CCC(N)CC1. The number of hydrogen-bond donors (Lipinski definition) is 2. The number of amides is 1. The Kier molecular flexibility index (Phi) is 13.4. The highest BCUT2D eigenvalue weighted by Gasteiger charge is 2.21. The van der Waals surface area contributed by atoms with E-state index in [2.05, 4.69) is 20.4 Å². The average molecular weight is 228 g/mol. The third kappa shape index (κ3) is 11.2. The van der Waals surface area contributed by atoms with Gasteiger partial charge in [0.25, 0.3) is 0 Å². The second-order valence-electron chi connectivity index (χ2n) is 4.13. The highest BCUT2D eigenvalue weighted by atomic mass is 16.1. The zero-order valence-electron chi connectivity index (χ0n) is 11.0. The molecule has 0 radical (unpaired) electrons. The minimum Gasteiger partial charge on any atom is -0.369 e. The Labute approximate surface area is 100 Å². The van der Waals surface area contributed by atoms with Crippen LogP contribution in [0.15, 0.2) is 12.7 Å². The lowest BCUT2D eigenvalue weighted by atomic mass is 9.86. The smallest absolute Gasteiger partial charge is 0.220 e. The molecule has 0 saturated heterocycles. The molecule has 1 aliphatic carbocycles. The summed E-state index contributed by atoms with van der Waals surface area (Å²) in [5.41, 5.74) is 10.8. The van der Waals surface area contributed by atoms with Gasteiger partial charge in [0.1, 0.15) is 0 Å². The van der Waals surface area contributed by atoms with E-state index in [1.54, 1.807) is 6.08 Å². The van der Waals surface area contributed by atoms with Crippen LogP contribution in [0.1, 0.15) is 52.9 Å². The Morgan fingerprint density at radius 3 is 1.88 bits per heavy atom. The van der Waals surface area contributed by atoms with Crippen LogP contribution >= 0.6 is 0 Å². The number of carbonyl (C=O) groups excluding carboxylic acids is 1. The molecule has 0 aromatic rings. The molecule has 3 heteroatoms. The van der Waals surface area contributed by atoms with Gasteiger partial charge >= 0.3 is 0 Å². The van der Waals surface area contributed by atoms with Gasteiger partial charge in [0, 0.05) is 12.0 Å². The third-order valence-corrected chi connectivity index (χ3v) is 2.17.